The van der Waals surface area contributed by atoms with Crippen molar-refractivity contribution in [3.8, 4) is 0 Å². The summed E-state index contributed by atoms with van der Waals surface area (Å²) >= 11 is 0. The van der Waals surface area contributed by atoms with Gasteiger partial charge in [0.2, 0.25) is 0 Å². The standard InChI is InChI=1S/C7H12O2.Bi/c1-3-4-5-7(9)6(2)8;/h3-5H2,1-2H3;. The van der Waals surface area contributed by atoms with Crippen molar-refractivity contribution in [1.29, 1.82) is 0 Å². The van der Waals surface area contributed by atoms with Gasteiger partial charge in [0.05, 0.1) is 0 Å². The molecule has 0 aliphatic rings. The molecule has 57 valence electrons. The monoisotopic (exact) mass is 337 g/mol. The van der Waals surface area contributed by atoms with Crippen molar-refractivity contribution in [1.82, 2.24) is 0 Å². The van der Waals surface area contributed by atoms with Crippen molar-refractivity contribution in [3.05, 3.63) is 0 Å². The Morgan fingerprint density at radius 2 is 1.80 bits per heavy atom. The van der Waals surface area contributed by atoms with Crippen LogP contribution in [-0.4, -0.2) is 37.8 Å². The van der Waals surface area contributed by atoms with E-state index in [4.69, 9.17) is 0 Å². The Kier molecular flexibility index (Phi) is 9.43. The Hall–Kier alpha value is 0.223. The van der Waals surface area contributed by atoms with Crippen molar-refractivity contribution >= 4 is 37.8 Å². The van der Waals surface area contributed by atoms with Crippen LogP contribution in [0, 0.1) is 0 Å². The summed E-state index contributed by atoms with van der Waals surface area (Å²) in [4.78, 5) is 20.9. The van der Waals surface area contributed by atoms with E-state index in [1.54, 1.807) is 0 Å². The van der Waals surface area contributed by atoms with E-state index >= 15 is 0 Å². The summed E-state index contributed by atoms with van der Waals surface area (Å²) in [6.07, 6.45) is 2.23. The van der Waals surface area contributed by atoms with Crippen LogP contribution in [0.1, 0.15) is 33.1 Å². The van der Waals surface area contributed by atoms with Crippen LogP contribution in [0.2, 0.25) is 0 Å². The molecule has 0 unspecified atom stereocenters. The van der Waals surface area contributed by atoms with Crippen molar-refractivity contribution in [2.24, 2.45) is 0 Å². The molecule has 0 fully saturated rings. The molecule has 0 aromatic carbocycles. The number of ketones is 2. The molecule has 10 heavy (non-hydrogen) atoms. The van der Waals surface area contributed by atoms with Gasteiger partial charge < -0.3 is 0 Å². The topological polar surface area (TPSA) is 34.1 Å². The van der Waals surface area contributed by atoms with Crippen LogP contribution in [0.5, 0.6) is 0 Å². The molecule has 3 heteroatoms. The molecular formula is C7H12BiO2. The smallest absolute Gasteiger partial charge is 0.198 e. The summed E-state index contributed by atoms with van der Waals surface area (Å²) in [6, 6.07) is 0. The Bertz CT molecular complexity index is 121. The molecule has 2 nitrogen and oxygen atoms in total. The number of hydrogen-bond acceptors (Lipinski definition) is 2. The minimum Gasteiger partial charge on any atom is -0.291 e. The third-order valence-electron chi connectivity index (χ3n) is 1.15. The fraction of sp³-hybridized carbons (Fsp3) is 0.714. The maximum atomic E-state index is 10.6. The molecule has 0 bridgehead atoms. The molecule has 0 aromatic heterocycles. The van der Waals surface area contributed by atoms with E-state index in [1.165, 1.54) is 6.92 Å². The number of Topliss-reactive ketones (excluding diaryl/α,β-unsaturated/α-hetero) is 2. The van der Waals surface area contributed by atoms with Crippen LogP contribution in [0.15, 0.2) is 0 Å². The maximum Gasteiger partial charge on any atom is 0.198 e. The Labute approximate surface area is 80.5 Å². The van der Waals surface area contributed by atoms with Gasteiger partial charge in [0.25, 0.3) is 0 Å². The minimum absolute atomic E-state index is 0. The van der Waals surface area contributed by atoms with Crippen LogP contribution in [-0.2, 0) is 9.59 Å². The Morgan fingerprint density at radius 3 is 2.10 bits per heavy atom. The van der Waals surface area contributed by atoms with E-state index < -0.39 is 0 Å². The molecule has 0 heterocycles. The third kappa shape index (κ3) is 6.34. The SMILES string of the molecule is CCCCC(=O)C(C)=O.[Bi]. The molecule has 0 N–H and O–H groups in total. The van der Waals surface area contributed by atoms with E-state index in [2.05, 4.69) is 0 Å². The van der Waals surface area contributed by atoms with Crippen LogP contribution in [0.3, 0.4) is 0 Å². The summed E-state index contributed by atoms with van der Waals surface area (Å²) in [5, 5.41) is 0. The molecule has 0 saturated heterocycles. The second-order valence-electron chi connectivity index (χ2n) is 2.08. The Balaban J connectivity index is 0. The predicted octanol–water partition coefficient (Wildman–Crippen LogP) is 0.954. The molecule has 0 spiro atoms. The third-order valence-corrected chi connectivity index (χ3v) is 1.15. The zero-order chi connectivity index (χ0) is 7.28. The summed E-state index contributed by atoms with van der Waals surface area (Å²) in [5.41, 5.74) is 0. The number of unbranched alkanes of at least 4 members (excludes halogenated alkanes) is 1. The number of rotatable bonds is 4. The van der Waals surface area contributed by atoms with Gasteiger partial charge in [-0.1, -0.05) is 13.3 Å². The number of carbonyl (C=O) groups is 2. The summed E-state index contributed by atoms with van der Waals surface area (Å²) in [7, 11) is 0. The van der Waals surface area contributed by atoms with Gasteiger partial charge in [-0.15, -0.1) is 0 Å². The van der Waals surface area contributed by atoms with Gasteiger partial charge in [-0.3, -0.25) is 9.59 Å². The van der Waals surface area contributed by atoms with Gasteiger partial charge in [0, 0.05) is 39.5 Å². The summed E-state index contributed by atoms with van der Waals surface area (Å²) in [6.45, 7) is 3.31. The molecule has 0 aliphatic heterocycles. The average Bonchev–Trinajstić information content (AvgIpc) is 1.82. The van der Waals surface area contributed by atoms with Crippen LogP contribution in [0.25, 0.3) is 0 Å². The first-order valence-electron chi connectivity index (χ1n) is 3.22. The predicted molar refractivity (Wildman–Crippen MR) is 41.0 cm³/mol. The molecule has 0 aromatic rings. The van der Waals surface area contributed by atoms with Crippen LogP contribution in [0.4, 0.5) is 0 Å². The second kappa shape index (κ2) is 7.33. The average molecular weight is 337 g/mol. The fourth-order valence-corrected chi connectivity index (χ4v) is 0.513. The Morgan fingerprint density at radius 1 is 1.30 bits per heavy atom. The largest absolute Gasteiger partial charge is 0.291 e. The van der Waals surface area contributed by atoms with Gasteiger partial charge in [-0.25, -0.2) is 0 Å². The van der Waals surface area contributed by atoms with Crippen LogP contribution < -0.4 is 0 Å². The molecule has 3 radical (unpaired) electrons. The van der Waals surface area contributed by atoms with Gasteiger partial charge in [-0.2, -0.15) is 0 Å². The summed E-state index contributed by atoms with van der Waals surface area (Å²) in [5.74, 6) is -0.555. The minimum atomic E-state index is -0.316. The zero-order valence-corrected chi connectivity index (χ0v) is 9.86. The summed E-state index contributed by atoms with van der Waals surface area (Å²) < 4.78 is 0. The van der Waals surface area contributed by atoms with Gasteiger partial charge in [-0.05, 0) is 6.42 Å². The number of hydrogen-bond donors (Lipinski definition) is 0. The normalized spacial score (nSPS) is 8.20. The quantitative estimate of drug-likeness (QED) is 0.566. The van der Waals surface area contributed by atoms with E-state index in [-0.39, 0.29) is 37.8 Å². The van der Waals surface area contributed by atoms with Crippen molar-refractivity contribution in [2.75, 3.05) is 0 Å². The van der Waals surface area contributed by atoms with Crippen molar-refractivity contribution < 1.29 is 9.59 Å². The molecule has 0 rings (SSSR count). The van der Waals surface area contributed by atoms with Crippen molar-refractivity contribution in [2.45, 2.75) is 33.1 Å². The van der Waals surface area contributed by atoms with Crippen molar-refractivity contribution in [3.63, 3.8) is 0 Å². The zero-order valence-electron chi connectivity index (χ0n) is 6.39. The second-order valence-corrected chi connectivity index (χ2v) is 2.08. The molecule has 0 atom stereocenters. The number of carbonyl (C=O) groups excluding carboxylic acids is 2. The molecule has 0 saturated carbocycles. The van der Waals surface area contributed by atoms with E-state index in [0.717, 1.165) is 12.8 Å². The first-order chi connectivity index (χ1) is 4.18. The molecular weight excluding hydrogens is 325 g/mol. The molecule has 0 aliphatic carbocycles. The molecule has 0 amide bonds. The van der Waals surface area contributed by atoms with E-state index in [1.807, 2.05) is 6.92 Å². The van der Waals surface area contributed by atoms with Gasteiger partial charge in [0.15, 0.2) is 11.6 Å². The fourth-order valence-electron chi connectivity index (χ4n) is 0.513. The van der Waals surface area contributed by atoms with Gasteiger partial charge >= 0.3 is 0 Å². The first kappa shape index (κ1) is 12.9. The van der Waals surface area contributed by atoms with E-state index in [9.17, 15) is 9.59 Å². The van der Waals surface area contributed by atoms with E-state index in [0.29, 0.717) is 6.42 Å². The van der Waals surface area contributed by atoms with Gasteiger partial charge in [0.1, 0.15) is 0 Å². The maximum absolute atomic E-state index is 10.6. The van der Waals surface area contributed by atoms with Crippen LogP contribution >= 0.6 is 0 Å². The first-order valence-corrected chi connectivity index (χ1v) is 3.22.